The molecule has 0 fully saturated rings. The van der Waals surface area contributed by atoms with Gasteiger partial charge in [0.25, 0.3) is 0 Å². The zero-order chi connectivity index (χ0) is 14.0. The molecule has 0 saturated carbocycles. The van der Waals surface area contributed by atoms with Crippen LogP contribution in [-0.4, -0.2) is 15.7 Å². The Morgan fingerprint density at radius 1 is 1.32 bits per heavy atom. The lowest BCUT2D eigenvalue weighted by molar-refractivity contribution is -0.118. The number of amides is 1. The summed E-state index contributed by atoms with van der Waals surface area (Å²) in [5.74, 6) is -0.414. The Labute approximate surface area is 112 Å². The molecular weight excluding hydrogens is 240 g/mol. The Kier molecular flexibility index (Phi) is 3.55. The number of benzene rings is 1. The van der Waals surface area contributed by atoms with Crippen molar-refractivity contribution in [3.05, 3.63) is 47.3 Å². The van der Waals surface area contributed by atoms with Gasteiger partial charge in [-0.15, -0.1) is 0 Å². The van der Waals surface area contributed by atoms with Crippen LogP contribution >= 0.6 is 0 Å². The Bertz CT molecular complexity index is 589. The fourth-order valence-corrected chi connectivity index (χ4v) is 2.19. The van der Waals surface area contributed by atoms with E-state index >= 15 is 0 Å². The van der Waals surface area contributed by atoms with Gasteiger partial charge in [-0.25, -0.2) is 0 Å². The van der Waals surface area contributed by atoms with Crippen molar-refractivity contribution >= 4 is 11.6 Å². The first-order valence-electron chi connectivity index (χ1n) is 6.11. The number of hydrogen-bond donors (Lipinski definition) is 2. The van der Waals surface area contributed by atoms with Gasteiger partial charge in [-0.05, 0) is 26.0 Å². The van der Waals surface area contributed by atoms with Crippen LogP contribution in [0.5, 0.6) is 0 Å². The lowest BCUT2D eigenvalue weighted by atomic mass is 10.0. The lowest BCUT2D eigenvalue weighted by Crippen LogP contribution is -2.28. The zero-order valence-electron chi connectivity index (χ0n) is 11.3. The van der Waals surface area contributed by atoms with Gasteiger partial charge < -0.3 is 11.1 Å². The van der Waals surface area contributed by atoms with Crippen molar-refractivity contribution in [2.75, 3.05) is 5.32 Å². The molecule has 0 saturated heterocycles. The number of aromatic nitrogens is 2. The summed E-state index contributed by atoms with van der Waals surface area (Å²) in [7, 11) is 1.85. The summed E-state index contributed by atoms with van der Waals surface area (Å²) in [6.07, 6.45) is 0. The Morgan fingerprint density at radius 2 is 1.95 bits per heavy atom. The maximum atomic E-state index is 11.7. The fraction of sp³-hybridized carbons (Fsp3) is 0.286. The second-order valence-corrected chi connectivity index (χ2v) is 4.55. The van der Waals surface area contributed by atoms with Crippen molar-refractivity contribution in [2.24, 2.45) is 12.8 Å². The second kappa shape index (κ2) is 5.14. The average molecular weight is 258 g/mol. The van der Waals surface area contributed by atoms with Crippen LogP contribution in [0.2, 0.25) is 0 Å². The van der Waals surface area contributed by atoms with E-state index in [9.17, 15) is 4.79 Å². The van der Waals surface area contributed by atoms with Crippen LogP contribution in [0, 0.1) is 13.8 Å². The minimum atomic E-state index is -0.573. The van der Waals surface area contributed by atoms with Crippen molar-refractivity contribution in [1.82, 2.24) is 9.78 Å². The van der Waals surface area contributed by atoms with Crippen molar-refractivity contribution in [3.63, 3.8) is 0 Å². The molecule has 5 heteroatoms. The topological polar surface area (TPSA) is 72.9 Å². The number of rotatable bonds is 4. The number of carbonyl (C=O) groups is 1. The molecule has 0 spiro atoms. The van der Waals surface area contributed by atoms with E-state index in [1.807, 2.05) is 51.2 Å². The Morgan fingerprint density at radius 3 is 2.42 bits per heavy atom. The molecule has 1 heterocycles. The minimum absolute atomic E-state index is 0.414. The van der Waals surface area contributed by atoms with Gasteiger partial charge in [0.15, 0.2) is 0 Å². The number of nitrogens with two attached hydrogens (primary N) is 1. The molecule has 0 aliphatic heterocycles. The van der Waals surface area contributed by atoms with Gasteiger partial charge in [-0.1, -0.05) is 18.2 Å². The number of nitrogens with zero attached hydrogens (tertiary/aromatic N) is 2. The average Bonchev–Trinajstić information content (AvgIpc) is 2.62. The van der Waals surface area contributed by atoms with Gasteiger partial charge in [-0.3, -0.25) is 9.48 Å². The van der Waals surface area contributed by atoms with Crippen LogP contribution in [0.1, 0.15) is 23.0 Å². The maximum Gasteiger partial charge on any atom is 0.244 e. The first-order chi connectivity index (χ1) is 9.00. The molecule has 0 bridgehead atoms. The van der Waals surface area contributed by atoms with E-state index in [1.165, 1.54) is 0 Å². The van der Waals surface area contributed by atoms with Crippen LogP contribution < -0.4 is 11.1 Å². The quantitative estimate of drug-likeness (QED) is 0.876. The number of hydrogen-bond acceptors (Lipinski definition) is 3. The van der Waals surface area contributed by atoms with Crippen molar-refractivity contribution in [3.8, 4) is 0 Å². The molecular formula is C14H18N4O. The van der Waals surface area contributed by atoms with Crippen LogP contribution in [0.3, 0.4) is 0 Å². The third-order valence-electron chi connectivity index (χ3n) is 3.22. The van der Waals surface area contributed by atoms with Gasteiger partial charge in [0, 0.05) is 24.0 Å². The van der Waals surface area contributed by atoms with Gasteiger partial charge in [0.1, 0.15) is 6.04 Å². The minimum Gasteiger partial charge on any atom is -0.370 e. The number of aryl methyl sites for hydroxylation is 2. The highest BCUT2D eigenvalue weighted by Crippen LogP contribution is 2.24. The molecule has 2 rings (SSSR count). The number of primary amides is 1. The van der Waals surface area contributed by atoms with Gasteiger partial charge in [0.05, 0.1) is 5.69 Å². The molecule has 100 valence electrons. The van der Waals surface area contributed by atoms with Crippen molar-refractivity contribution in [2.45, 2.75) is 19.9 Å². The zero-order valence-corrected chi connectivity index (χ0v) is 11.3. The standard InChI is InChI=1S/C14H18N4O/c1-9-12(10(2)18(3)17-9)13(14(15)19)16-11-7-5-4-6-8-11/h4-8,13,16H,1-3H3,(H2,15,19). The van der Waals surface area contributed by atoms with Crippen LogP contribution in [0.15, 0.2) is 30.3 Å². The summed E-state index contributed by atoms with van der Waals surface area (Å²) < 4.78 is 1.76. The monoisotopic (exact) mass is 258 g/mol. The van der Waals surface area contributed by atoms with Gasteiger partial charge in [0.2, 0.25) is 5.91 Å². The normalized spacial score (nSPS) is 12.2. The highest BCUT2D eigenvalue weighted by atomic mass is 16.1. The predicted octanol–water partition coefficient (Wildman–Crippen LogP) is 1.68. The molecule has 0 aliphatic carbocycles. The number of para-hydroxylation sites is 1. The molecule has 5 nitrogen and oxygen atoms in total. The lowest BCUT2D eigenvalue weighted by Gasteiger charge is -2.17. The van der Waals surface area contributed by atoms with E-state index in [-0.39, 0.29) is 0 Å². The Hall–Kier alpha value is -2.30. The molecule has 1 aromatic heterocycles. The molecule has 1 amide bonds. The molecule has 0 aliphatic rings. The van der Waals surface area contributed by atoms with E-state index in [2.05, 4.69) is 10.4 Å². The summed E-state index contributed by atoms with van der Waals surface area (Å²) >= 11 is 0. The first-order valence-corrected chi connectivity index (χ1v) is 6.11. The Balaban J connectivity index is 2.38. The molecule has 1 aromatic carbocycles. The van der Waals surface area contributed by atoms with Crippen LogP contribution in [-0.2, 0) is 11.8 Å². The van der Waals surface area contributed by atoms with E-state index in [1.54, 1.807) is 4.68 Å². The van der Waals surface area contributed by atoms with E-state index < -0.39 is 11.9 Å². The highest BCUT2D eigenvalue weighted by Gasteiger charge is 2.24. The second-order valence-electron chi connectivity index (χ2n) is 4.55. The molecule has 1 unspecified atom stereocenters. The van der Waals surface area contributed by atoms with E-state index in [4.69, 9.17) is 5.73 Å². The summed E-state index contributed by atoms with van der Waals surface area (Å²) in [5.41, 5.74) is 8.97. The molecule has 1 atom stereocenters. The maximum absolute atomic E-state index is 11.7. The predicted molar refractivity (Wildman–Crippen MR) is 74.7 cm³/mol. The smallest absolute Gasteiger partial charge is 0.244 e. The van der Waals surface area contributed by atoms with Crippen LogP contribution in [0.4, 0.5) is 5.69 Å². The summed E-state index contributed by atoms with van der Waals surface area (Å²) in [5, 5.41) is 7.49. The fourth-order valence-electron chi connectivity index (χ4n) is 2.19. The first kappa shape index (κ1) is 13.1. The van der Waals surface area contributed by atoms with Crippen LogP contribution in [0.25, 0.3) is 0 Å². The summed E-state index contributed by atoms with van der Waals surface area (Å²) in [6, 6.07) is 8.96. The third-order valence-corrected chi connectivity index (χ3v) is 3.22. The molecule has 2 aromatic rings. The number of carbonyl (C=O) groups excluding carboxylic acids is 1. The van der Waals surface area contributed by atoms with Crippen molar-refractivity contribution < 1.29 is 4.79 Å². The van der Waals surface area contributed by atoms with Gasteiger partial charge in [-0.2, -0.15) is 5.10 Å². The largest absolute Gasteiger partial charge is 0.370 e. The summed E-state index contributed by atoms with van der Waals surface area (Å²) in [4.78, 5) is 11.7. The number of anilines is 1. The SMILES string of the molecule is Cc1nn(C)c(C)c1C(Nc1ccccc1)C(N)=O. The van der Waals surface area contributed by atoms with E-state index in [0.717, 1.165) is 22.6 Å². The third kappa shape index (κ3) is 2.59. The highest BCUT2D eigenvalue weighted by molar-refractivity contribution is 5.85. The molecule has 3 N–H and O–H groups in total. The van der Waals surface area contributed by atoms with E-state index in [0.29, 0.717) is 0 Å². The molecule has 0 radical (unpaired) electrons. The molecule has 19 heavy (non-hydrogen) atoms. The summed E-state index contributed by atoms with van der Waals surface area (Å²) in [6.45, 7) is 3.81. The number of nitrogens with one attached hydrogen (secondary N) is 1. The van der Waals surface area contributed by atoms with Gasteiger partial charge >= 0.3 is 0 Å². The van der Waals surface area contributed by atoms with Crippen molar-refractivity contribution in [1.29, 1.82) is 0 Å².